The molecular formula is C12H14O2. The molecule has 0 amide bonds. The van der Waals surface area contributed by atoms with Gasteiger partial charge in [0.15, 0.2) is 0 Å². The molecule has 0 atom stereocenters. The minimum Gasteiger partial charge on any atom is -0.427 e. The Morgan fingerprint density at radius 3 is 3.00 bits per heavy atom. The highest BCUT2D eigenvalue weighted by atomic mass is 16.5. The first-order chi connectivity index (χ1) is 6.72. The first-order valence-electron chi connectivity index (χ1n) is 4.60. The van der Waals surface area contributed by atoms with Gasteiger partial charge in [-0.3, -0.25) is 4.79 Å². The van der Waals surface area contributed by atoms with Crippen molar-refractivity contribution in [1.82, 2.24) is 0 Å². The Balaban J connectivity index is 2.68. The Morgan fingerprint density at radius 1 is 1.57 bits per heavy atom. The van der Waals surface area contributed by atoms with Crippen LogP contribution in [0.4, 0.5) is 0 Å². The van der Waals surface area contributed by atoms with Gasteiger partial charge in [0.25, 0.3) is 0 Å². The molecule has 0 saturated heterocycles. The van der Waals surface area contributed by atoms with Gasteiger partial charge in [0.2, 0.25) is 0 Å². The monoisotopic (exact) mass is 190 g/mol. The standard InChI is InChI=1S/C12H14O2/c1-3-4-6-11-7-5-8-12(9-11)14-10(2)13/h3,5,7-9H,1,4,6H2,2H3. The van der Waals surface area contributed by atoms with Crippen LogP contribution in [0, 0.1) is 0 Å². The fourth-order valence-electron chi connectivity index (χ4n) is 1.20. The lowest BCUT2D eigenvalue weighted by molar-refractivity contribution is -0.131. The predicted octanol–water partition coefficient (Wildman–Crippen LogP) is 2.73. The average molecular weight is 190 g/mol. The average Bonchev–Trinajstić information content (AvgIpc) is 2.14. The van der Waals surface area contributed by atoms with Crippen molar-refractivity contribution in [2.75, 3.05) is 0 Å². The lowest BCUT2D eigenvalue weighted by Crippen LogP contribution is -2.01. The molecule has 74 valence electrons. The van der Waals surface area contributed by atoms with E-state index in [-0.39, 0.29) is 5.97 Å². The van der Waals surface area contributed by atoms with Crippen LogP contribution >= 0.6 is 0 Å². The third-order valence-corrected chi connectivity index (χ3v) is 1.80. The predicted molar refractivity (Wildman–Crippen MR) is 56.3 cm³/mol. The zero-order chi connectivity index (χ0) is 10.4. The lowest BCUT2D eigenvalue weighted by Gasteiger charge is -2.03. The van der Waals surface area contributed by atoms with E-state index in [4.69, 9.17) is 4.74 Å². The van der Waals surface area contributed by atoms with Crippen molar-refractivity contribution in [2.24, 2.45) is 0 Å². The SMILES string of the molecule is C=CCCc1cccc(OC(C)=O)c1. The van der Waals surface area contributed by atoms with Crippen LogP contribution in [0.3, 0.4) is 0 Å². The number of ether oxygens (including phenoxy) is 1. The number of allylic oxidation sites excluding steroid dienone is 1. The molecule has 0 unspecified atom stereocenters. The highest BCUT2D eigenvalue weighted by Crippen LogP contribution is 2.14. The third-order valence-electron chi connectivity index (χ3n) is 1.80. The summed E-state index contributed by atoms with van der Waals surface area (Å²) in [6, 6.07) is 7.55. The molecule has 1 rings (SSSR count). The van der Waals surface area contributed by atoms with Gasteiger partial charge in [-0.05, 0) is 30.5 Å². The lowest BCUT2D eigenvalue weighted by atomic mass is 10.1. The molecule has 14 heavy (non-hydrogen) atoms. The molecule has 0 aliphatic heterocycles. The summed E-state index contributed by atoms with van der Waals surface area (Å²) in [6.45, 7) is 5.06. The number of hydrogen-bond donors (Lipinski definition) is 0. The van der Waals surface area contributed by atoms with Gasteiger partial charge in [0.05, 0.1) is 0 Å². The summed E-state index contributed by atoms with van der Waals surface area (Å²) in [5.74, 6) is 0.324. The van der Waals surface area contributed by atoms with Crippen molar-refractivity contribution in [3.63, 3.8) is 0 Å². The first-order valence-corrected chi connectivity index (χ1v) is 4.60. The van der Waals surface area contributed by atoms with Crippen LogP contribution in [-0.4, -0.2) is 5.97 Å². The van der Waals surface area contributed by atoms with Gasteiger partial charge in [0, 0.05) is 6.92 Å². The van der Waals surface area contributed by atoms with Gasteiger partial charge in [-0.25, -0.2) is 0 Å². The Hall–Kier alpha value is -1.57. The molecule has 2 nitrogen and oxygen atoms in total. The summed E-state index contributed by atoms with van der Waals surface area (Å²) < 4.78 is 4.97. The van der Waals surface area contributed by atoms with E-state index < -0.39 is 0 Å². The van der Waals surface area contributed by atoms with Crippen LogP contribution in [0.2, 0.25) is 0 Å². The highest BCUT2D eigenvalue weighted by Gasteiger charge is 1.98. The zero-order valence-electron chi connectivity index (χ0n) is 8.32. The van der Waals surface area contributed by atoms with E-state index >= 15 is 0 Å². The smallest absolute Gasteiger partial charge is 0.308 e. The Kier molecular flexibility index (Phi) is 3.92. The molecule has 2 heteroatoms. The Labute approximate surface area is 84.2 Å². The van der Waals surface area contributed by atoms with Crippen molar-refractivity contribution < 1.29 is 9.53 Å². The summed E-state index contributed by atoms with van der Waals surface area (Å²) in [5.41, 5.74) is 1.16. The number of esters is 1. The number of rotatable bonds is 4. The molecule has 0 aliphatic rings. The fourth-order valence-corrected chi connectivity index (χ4v) is 1.20. The van der Waals surface area contributed by atoms with Gasteiger partial charge in [-0.1, -0.05) is 18.2 Å². The second-order valence-electron chi connectivity index (χ2n) is 3.07. The number of carbonyl (C=O) groups excluding carboxylic acids is 1. The summed E-state index contributed by atoms with van der Waals surface area (Å²) in [5, 5.41) is 0. The van der Waals surface area contributed by atoms with Crippen LogP contribution < -0.4 is 4.74 Å². The summed E-state index contributed by atoms with van der Waals surface area (Å²) in [4.78, 5) is 10.7. The van der Waals surface area contributed by atoms with Crippen LogP contribution in [0.25, 0.3) is 0 Å². The van der Waals surface area contributed by atoms with Gasteiger partial charge in [-0.15, -0.1) is 6.58 Å². The molecule has 0 spiro atoms. The Morgan fingerprint density at radius 2 is 2.36 bits per heavy atom. The summed E-state index contributed by atoms with van der Waals surface area (Å²) in [7, 11) is 0. The van der Waals surface area contributed by atoms with E-state index in [0.717, 1.165) is 18.4 Å². The maximum Gasteiger partial charge on any atom is 0.308 e. The molecule has 0 fully saturated rings. The molecule has 0 aliphatic carbocycles. The van der Waals surface area contributed by atoms with Crippen LogP contribution in [0.5, 0.6) is 5.75 Å². The van der Waals surface area contributed by atoms with Crippen LogP contribution in [0.15, 0.2) is 36.9 Å². The van der Waals surface area contributed by atoms with Gasteiger partial charge < -0.3 is 4.74 Å². The van der Waals surface area contributed by atoms with E-state index in [1.54, 1.807) is 6.07 Å². The van der Waals surface area contributed by atoms with E-state index in [2.05, 4.69) is 6.58 Å². The minimum absolute atomic E-state index is 0.286. The molecule has 0 saturated carbocycles. The molecule has 0 aromatic heterocycles. The van der Waals surface area contributed by atoms with Gasteiger partial charge in [0.1, 0.15) is 5.75 Å². The van der Waals surface area contributed by atoms with Gasteiger partial charge >= 0.3 is 5.97 Å². The largest absolute Gasteiger partial charge is 0.427 e. The van der Waals surface area contributed by atoms with Crippen LogP contribution in [0.1, 0.15) is 18.9 Å². The summed E-state index contributed by atoms with van der Waals surface area (Å²) >= 11 is 0. The topological polar surface area (TPSA) is 26.3 Å². The maximum absolute atomic E-state index is 10.7. The van der Waals surface area contributed by atoms with E-state index in [0.29, 0.717) is 5.75 Å². The molecule has 0 bridgehead atoms. The third kappa shape index (κ3) is 3.44. The van der Waals surface area contributed by atoms with Crippen molar-refractivity contribution in [3.05, 3.63) is 42.5 Å². The van der Waals surface area contributed by atoms with Crippen molar-refractivity contribution >= 4 is 5.97 Å². The molecular weight excluding hydrogens is 176 g/mol. The van der Waals surface area contributed by atoms with E-state index in [9.17, 15) is 4.79 Å². The second kappa shape index (κ2) is 5.22. The number of aryl methyl sites for hydroxylation is 1. The normalized spacial score (nSPS) is 9.50. The summed E-state index contributed by atoms with van der Waals surface area (Å²) in [6.07, 6.45) is 3.74. The molecule has 0 N–H and O–H groups in total. The van der Waals surface area contributed by atoms with Crippen molar-refractivity contribution in [2.45, 2.75) is 19.8 Å². The number of hydrogen-bond acceptors (Lipinski definition) is 2. The highest BCUT2D eigenvalue weighted by molar-refractivity contribution is 5.69. The first kappa shape index (κ1) is 10.5. The van der Waals surface area contributed by atoms with Crippen LogP contribution in [-0.2, 0) is 11.2 Å². The molecule has 0 heterocycles. The van der Waals surface area contributed by atoms with Gasteiger partial charge in [-0.2, -0.15) is 0 Å². The number of carbonyl (C=O) groups is 1. The molecule has 1 aromatic rings. The zero-order valence-corrected chi connectivity index (χ0v) is 8.32. The van der Waals surface area contributed by atoms with E-state index in [1.807, 2.05) is 24.3 Å². The number of benzene rings is 1. The maximum atomic E-state index is 10.7. The quantitative estimate of drug-likeness (QED) is 0.414. The molecule has 0 radical (unpaired) electrons. The fraction of sp³-hybridized carbons (Fsp3) is 0.250. The second-order valence-corrected chi connectivity index (χ2v) is 3.07. The Bertz CT molecular complexity index is 329. The molecule has 1 aromatic carbocycles. The minimum atomic E-state index is -0.286. The van der Waals surface area contributed by atoms with Crippen molar-refractivity contribution in [3.8, 4) is 5.75 Å². The van der Waals surface area contributed by atoms with Crippen molar-refractivity contribution in [1.29, 1.82) is 0 Å². The van der Waals surface area contributed by atoms with E-state index in [1.165, 1.54) is 6.92 Å².